The molecule has 0 bridgehead atoms. The third-order valence-electron chi connectivity index (χ3n) is 5.14. The molecule has 0 saturated carbocycles. The monoisotopic (exact) mass is 390 g/mol. The van der Waals surface area contributed by atoms with Crippen LogP contribution in [0.25, 0.3) is 44.6 Å². The van der Waals surface area contributed by atoms with Gasteiger partial charge in [0.1, 0.15) is 11.5 Å². The van der Waals surface area contributed by atoms with Crippen LogP contribution in [-0.4, -0.2) is 19.9 Å². The Hall–Kier alpha value is -3.66. The van der Waals surface area contributed by atoms with Crippen LogP contribution in [0.4, 0.5) is 0 Å². The van der Waals surface area contributed by atoms with E-state index in [-0.39, 0.29) is 5.41 Å². The molecule has 0 fully saturated rings. The van der Waals surface area contributed by atoms with Crippen LogP contribution in [0.5, 0.6) is 0 Å². The molecule has 0 saturated heterocycles. The summed E-state index contributed by atoms with van der Waals surface area (Å²) in [5.41, 5.74) is 2.45. The van der Waals surface area contributed by atoms with E-state index in [1.165, 1.54) is 5.39 Å². The average Bonchev–Trinajstić information content (AvgIpc) is 2.77. The van der Waals surface area contributed by atoms with Crippen LogP contribution in [-0.2, 0) is 5.41 Å². The normalized spacial score (nSPS) is 11.8. The van der Waals surface area contributed by atoms with E-state index in [4.69, 9.17) is 19.9 Å². The van der Waals surface area contributed by atoms with E-state index in [9.17, 15) is 0 Å². The first-order valence-electron chi connectivity index (χ1n) is 10.1. The van der Waals surface area contributed by atoms with Gasteiger partial charge in [0.25, 0.3) is 0 Å². The molecule has 4 heteroatoms. The molecular weight excluding hydrogens is 368 g/mol. The number of benzene rings is 3. The van der Waals surface area contributed by atoms with Crippen LogP contribution in [0, 0.1) is 0 Å². The fraction of sp³-hybridized carbons (Fsp3) is 0.154. The fourth-order valence-electron chi connectivity index (χ4n) is 3.47. The zero-order chi connectivity index (χ0) is 20.7. The third kappa shape index (κ3) is 3.41. The Morgan fingerprint density at radius 2 is 1.23 bits per heavy atom. The maximum absolute atomic E-state index is 4.82. The predicted molar refractivity (Wildman–Crippen MR) is 122 cm³/mol. The molecule has 4 nitrogen and oxygen atoms in total. The van der Waals surface area contributed by atoms with Gasteiger partial charge in [-0.25, -0.2) is 19.9 Å². The van der Waals surface area contributed by atoms with Crippen LogP contribution >= 0.6 is 0 Å². The number of aromatic nitrogens is 4. The number of hydrogen-bond acceptors (Lipinski definition) is 4. The summed E-state index contributed by atoms with van der Waals surface area (Å²) in [4.78, 5) is 19.2. The zero-order valence-electron chi connectivity index (χ0n) is 17.3. The van der Waals surface area contributed by atoms with Crippen molar-refractivity contribution in [2.24, 2.45) is 0 Å². The highest BCUT2D eigenvalue weighted by Crippen LogP contribution is 2.27. The summed E-state index contributed by atoms with van der Waals surface area (Å²) in [6, 6.07) is 26.7. The van der Waals surface area contributed by atoms with Gasteiger partial charge in [-0.05, 0) is 29.0 Å². The Balaban J connectivity index is 1.70. The minimum atomic E-state index is -0.208. The second kappa shape index (κ2) is 6.99. The maximum Gasteiger partial charge on any atom is 0.182 e. The van der Waals surface area contributed by atoms with Gasteiger partial charge < -0.3 is 0 Å². The summed E-state index contributed by atoms with van der Waals surface area (Å²) in [6.07, 6.45) is 0. The quantitative estimate of drug-likeness (QED) is 0.360. The molecule has 0 radical (unpaired) electrons. The van der Waals surface area contributed by atoms with E-state index < -0.39 is 0 Å². The molecule has 0 atom stereocenters. The fourth-order valence-corrected chi connectivity index (χ4v) is 3.47. The summed E-state index contributed by atoms with van der Waals surface area (Å²) < 4.78 is 0. The van der Waals surface area contributed by atoms with Gasteiger partial charge in [-0.3, -0.25) is 0 Å². The van der Waals surface area contributed by atoms with E-state index in [0.29, 0.717) is 11.6 Å². The number of para-hydroxylation sites is 1. The molecule has 5 aromatic rings. The lowest BCUT2D eigenvalue weighted by Crippen LogP contribution is -2.18. The summed E-state index contributed by atoms with van der Waals surface area (Å²) in [5, 5.41) is 3.46. The number of nitrogens with zero attached hydrogens (tertiary/aromatic N) is 4. The Morgan fingerprint density at radius 3 is 2.03 bits per heavy atom. The molecule has 0 aliphatic carbocycles. The van der Waals surface area contributed by atoms with Crippen LogP contribution < -0.4 is 0 Å². The van der Waals surface area contributed by atoms with Gasteiger partial charge in [0.2, 0.25) is 0 Å². The summed E-state index contributed by atoms with van der Waals surface area (Å²) in [7, 11) is 0. The second-order valence-electron chi connectivity index (χ2n) is 8.51. The standard InChI is InChI=1S/C26H22N4/c1-26(2,3)25-29-23(20-13-12-17-8-4-5-10-19(17)16-20)28-24(30-25)22-15-14-18-9-6-7-11-21(18)27-22/h4-16H,1-3H3. The van der Waals surface area contributed by atoms with E-state index in [1.807, 2.05) is 36.4 Å². The molecule has 2 aromatic heterocycles. The highest BCUT2D eigenvalue weighted by molar-refractivity contribution is 5.86. The van der Waals surface area contributed by atoms with Crippen molar-refractivity contribution in [2.45, 2.75) is 26.2 Å². The van der Waals surface area contributed by atoms with E-state index in [1.54, 1.807) is 0 Å². The minimum Gasteiger partial charge on any atom is -0.244 e. The largest absolute Gasteiger partial charge is 0.244 e. The molecule has 30 heavy (non-hydrogen) atoms. The van der Waals surface area contributed by atoms with Crippen molar-refractivity contribution in [2.75, 3.05) is 0 Å². The van der Waals surface area contributed by atoms with Crippen molar-refractivity contribution in [3.8, 4) is 22.9 Å². The van der Waals surface area contributed by atoms with Gasteiger partial charge in [0.05, 0.1) is 5.52 Å². The minimum absolute atomic E-state index is 0.208. The zero-order valence-corrected chi connectivity index (χ0v) is 17.3. The lowest BCUT2D eigenvalue weighted by molar-refractivity contribution is 0.543. The molecule has 0 N–H and O–H groups in total. The van der Waals surface area contributed by atoms with E-state index in [0.717, 1.165) is 33.4 Å². The lowest BCUT2D eigenvalue weighted by atomic mass is 9.95. The van der Waals surface area contributed by atoms with Crippen LogP contribution in [0.3, 0.4) is 0 Å². The molecule has 146 valence electrons. The third-order valence-corrected chi connectivity index (χ3v) is 5.14. The Labute approximate surface area is 175 Å². The van der Waals surface area contributed by atoms with Crippen LogP contribution in [0.1, 0.15) is 26.6 Å². The SMILES string of the molecule is CC(C)(C)c1nc(-c2ccc3ccccc3c2)nc(-c2ccc3ccccc3n2)n1. The van der Waals surface area contributed by atoms with Crippen molar-refractivity contribution >= 4 is 21.7 Å². The molecule has 2 heterocycles. The first-order chi connectivity index (χ1) is 14.5. The first kappa shape index (κ1) is 18.4. The van der Waals surface area contributed by atoms with Gasteiger partial charge in [-0.1, -0.05) is 81.4 Å². The van der Waals surface area contributed by atoms with Crippen molar-refractivity contribution in [1.82, 2.24) is 19.9 Å². The number of hydrogen-bond donors (Lipinski definition) is 0. The second-order valence-corrected chi connectivity index (χ2v) is 8.51. The number of pyridine rings is 1. The Morgan fingerprint density at radius 1 is 0.567 bits per heavy atom. The average molecular weight is 390 g/mol. The number of fused-ring (bicyclic) bond motifs is 2. The highest BCUT2D eigenvalue weighted by atomic mass is 15.1. The Bertz CT molecular complexity index is 1290. The van der Waals surface area contributed by atoms with Gasteiger partial charge >= 0.3 is 0 Å². The molecule has 0 spiro atoms. The predicted octanol–water partition coefficient (Wildman–Crippen LogP) is 6.20. The van der Waals surface area contributed by atoms with E-state index >= 15 is 0 Å². The van der Waals surface area contributed by atoms with Crippen molar-refractivity contribution in [1.29, 1.82) is 0 Å². The molecule has 5 rings (SSSR count). The highest BCUT2D eigenvalue weighted by Gasteiger charge is 2.21. The molecule has 0 unspecified atom stereocenters. The van der Waals surface area contributed by atoms with Crippen LogP contribution in [0.15, 0.2) is 78.9 Å². The summed E-state index contributed by atoms with van der Waals surface area (Å²) in [5.74, 6) is 2.03. The summed E-state index contributed by atoms with van der Waals surface area (Å²) >= 11 is 0. The van der Waals surface area contributed by atoms with E-state index in [2.05, 4.69) is 63.2 Å². The van der Waals surface area contributed by atoms with Gasteiger partial charge in [-0.15, -0.1) is 0 Å². The molecule has 3 aromatic carbocycles. The van der Waals surface area contributed by atoms with Crippen molar-refractivity contribution in [3.05, 3.63) is 84.7 Å². The Kier molecular flexibility index (Phi) is 4.28. The molecular formula is C26H22N4. The molecule has 0 aliphatic heterocycles. The maximum atomic E-state index is 4.82. The first-order valence-corrected chi connectivity index (χ1v) is 10.1. The van der Waals surface area contributed by atoms with Crippen molar-refractivity contribution in [3.63, 3.8) is 0 Å². The topological polar surface area (TPSA) is 51.6 Å². The van der Waals surface area contributed by atoms with Gasteiger partial charge in [-0.2, -0.15) is 0 Å². The molecule has 0 amide bonds. The smallest absolute Gasteiger partial charge is 0.182 e. The van der Waals surface area contributed by atoms with Gasteiger partial charge in [0.15, 0.2) is 11.6 Å². The lowest BCUT2D eigenvalue weighted by Gasteiger charge is -2.18. The summed E-state index contributed by atoms with van der Waals surface area (Å²) in [6.45, 7) is 6.35. The number of rotatable bonds is 2. The van der Waals surface area contributed by atoms with Crippen LogP contribution in [0.2, 0.25) is 0 Å². The van der Waals surface area contributed by atoms with Gasteiger partial charge in [0, 0.05) is 16.4 Å². The molecule has 0 aliphatic rings. The van der Waals surface area contributed by atoms with Crippen molar-refractivity contribution < 1.29 is 0 Å².